The van der Waals surface area contributed by atoms with Crippen molar-refractivity contribution in [1.82, 2.24) is 25.2 Å². The van der Waals surface area contributed by atoms with Crippen molar-refractivity contribution in [3.63, 3.8) is 0 Å². The standard InChI is InChI=1S/C24H31N5/c1-3-28-14-8-13-22(28)16-25-17-23-24(21-11-5-4-6-12-21)27-29(26-23)18-20-10-7-9-19(2)15-20/h4-7,9-12,15,22,25H,3,8,13-14,16-18H2,1-2H3/t22-/m1/s1. The normalized spacial score (nSPS) is 17.1. The summed E-state index contributed by atoms with van der Waals surface area (Å²) in [6, 6.07) is 19.6. The zero-order valence-electron chi connectivity index (χ0n) is 17.5. The van der Waals surface area contributed by atoms with E-state index in [-0.39, 0.29) is 0 Å². The number of hydrogen-bond donors (Lipinski definition) is 1. The van der Waals surface area contributed by atoms with Crippen LogP contribution in [-0.4, -0.2) is 45.6 Å². The summed E-state index contributed by atoms with van der Waals surface area (Å²) < 4.78 is 0. The second-order valence-corrected chi connectivity index (χ2v) is 7.94. The van der Waals surface area contributed by atoms with E-state index in [9.17, 15) is 0 Å². The van der Waals surface area contributed by atoms with Crippen LogP contribution in [0.2, 0.25) is 0 Å². The average Bonchev–Trinajstić information content (AvgIpc) is 3.35. The second kappa shape index (κ2) is 9.33. The Labute approximate surface area is 173 Å². The number of nitrogens with zero attached hydrogens (tertiary/aromatic N) is 4. The molecule has 0 unspecified atom stereocenters. The molecule has 29 heavy (non-hydrogen) atoms. The lowest BCUT2D eigenvalue weighted by atomic mass is 10.1. The van der Waals surface area contributed by atoms with Gasteiger partial charge in [0.05, 0.1) is 6.54 Å². The highest BCUT2D eigenvalue weighted by atomic mass is 15.5. The van der Waals surface area contributed by atoms with E-state index in [1.54, 1.807) is 0 Å². The van der Waals surface area contributed by atoms with Crippen LogP contribution in [0.3, 0.4) is 0 Å². The Morgan fingerprint density at radius 2 is 1.93 bits per heavy atom. The summed E-state index contributed by atoms with van der Waals surface area (Å²) in [7, 11) is 0. The summed E-state index contributed by atoms with van der Waals surface area (Å²) in [5, 5.41) is 13.3. The summed E-state index contributed by atoms with van der Waals surface area (Å²) >= 11 is 0. The summed E-state index contributed by atoms with van der Waals surface area (Å²) in [4.78, 5) is 4.40. The first-order chi connectivity index (χ1) is 14.2. The molecule has 3 aromatic rings. The minimum absolute atomic E-state index is 0.641. The third-order valence-electron chi connectivity index (χ3n) is 5.76. The molecule has 1 fully saturated rings. The van der Waals surface area contributed by atoms with Crippen molar-refractivity contribution in [3.05, 3.63) is 71.4 Å². The number of hydrogen-bond acceptors (Lipinski definition) is 4. The number of rotatable bonds is 8. The van der Waals surface area contributed by atoms with Crippen molar-refractivity contribution in [1.29, 1.82) is 0 Å². The van der Waals surface area contributed by atoms with Crippen molar-refractivity contribution in [2.45, 2.75) is 45.8 Å². The summed E-state index contributed by atoms with van der Waals surface area (Å²) in [5.74, 6) is 0. The Morgan fingerprint density at radius 3 is 2.72 bits per heavy atom. The van der Waals surface area contributed by atoms with Crippen molar-refractivity contribution >= 4 is 0 Å². The molecule has 0 bridgehead atoms. The molecule has 1 N–H and O–H groups in total. The van der Waals surface area contributed by atoms with Crippen LogP contribution in [0, 0.1) is 6.92 Å². The quantitative estimate of drug-likeness (QED) is 0.635. The lowest BCUT2D eigenvalue weighted by Crippen LogP contribution is -2.37. The van der Waals surface area contributed by atoms with E-state index < -0.39 is 0 Å². The minimum Gasteiger partial charge on any atom is -0.309 e. The first kappa shape index (κ1) is 19.8. The maximum Gasteiger partial charge on any atom is 0.117 e. The fourth-order valence-electron chi connectivity index (χ4n) is 4.27. The molecular weight excluding hydrogens is 358 g/mol. The van der Waals surface area contributed by atoms with Crippen molar-refractivity contribution in [2.75, 3.05) is 19.6 Å². The van der Waals surface area contributed by atoms with Gasteiger partial charge in [-0.3, -0.25) is 4.90 Å². The van der Waals surface area contributed by atoms with E-state index in [4.69, 9.17) is 10.2 Å². The van der Waals surface area contributed by atoms with Gasteiger partial charge in [0, 0.05) is 24.7 Å². The number of likely N-dealkylation sites (tertiary alicyclic amines) is 1. The Hall–Kier alpha value is -2.50. The van der Waals surface area contributed by atoms with E-state index in [1.165, 1.54) is 30.5 Å². The fraction of sp³-hybridized carbons (Fsp3) is 0.417. The predicted molar refractivity (Wildman–Crippen MR) is 118 cm³/mol. The minimum atomic E-state index is 0.641. The maximum absolute atomic E-state index is 4.84. The molecule has 0 amide bonds. The van der Waals surface area contributed by atoms with Crippen molar-refractivity contribution in [3.8, 4) is 11.3 Å². The van der Waals surface area contributed by atoms with Gasteiger partial charge in [-0.05, 0) is 38.4 Å². The summed E-state index contributed by atoms with van der Waals surface area (Å²) in [6.07, 6.45) is 2.59. The number of likely N-dealkylation sites (N-methyl/N-ethyl adjacent to an activating group) is 1. The Morgan fingerprint density at radius 1 is 1.07 bits per heavy atom. The molecule has 1 saturated heterocycles. The van der Waals surface area contributed by atoms with E-state index in [0.717, 1.165) is 36.6 Å². The molecule has 5 heteroatoms. The third-order valence-corrected chi connectivity index (χ3v) is 5.76. The Balaban J connectivity index is 1.50. The highest BCUT2D eigenvalue weighted by Crippen LogP contribution is 2.21. The molecule has 0 aliphatic carbocycles. The molecule has 0 spiro atoms. The lowest BCUT2D eigenvalue weighted by molar-refractivity contribution is 0.259. The van der Waals surface area contributed by atoms with E-state index >= 15 is 0 Å². The monoisotopic (exact) mass is 389 g/mol. The maximum atomic E-state index is 4.84. The van der Waals surface area contributed by atoms with Gasteiger partial charge in [-0.25, -0.2) is 0 Å². The van der Waals surface area contributed by atoms with Gasteiger partial charge in [0.2, 0.25) is 0 Å². The van der Waals surface area contributed by atoms with Crippen molar-refractivity contribution < 1.29 is 0 Å². The van der Waals surface area contributed by atoms with E-state index in [2.05, 4.69) is 72.6 Å². The van der Waals surface area contributed by atoms with Crippen LogP contribution in [0.5, 0.6) is 0 Å². The summed E-state index contributed by atoms with van der Waals surface area (Å²) in [5.41, 5.74) is 5.60. The molecule has 1 aliphatic rings. The molecule has 0 saturated carbocycles. The van der Waals surface area contributed by atoms with Crippen molar-refractivity contribution in [2.24, 2.45) is 0 Å². The second-order valence-electron chi connectivity index (χ2n) is 7.94. The molecule has 1 atom stereocenters. The SMILES string of the molecule is CCN1CCC[C@@H]1CNCc1nn(Cc2cccc(C)c2)nc1-c1ccccc1. The fourth-order valence-corrected chi connectivity index (χ4v) is 4.27. The van der Waals surface area contributed by atoms with Gasteiger partial charge < -0.3 is 5.32 Å². The molecule has 152 valence electrons. The average molecular weight is 390 g/mol. The van der Waals surface area contributed by atoms with Gasteiger partial charge in [0.1, 0.15) is 11.4 Å². The van der Waals surface area contributed by atoms with E-state index in [1.807, 2.05) is 10.9 Å². The third kappa shape index (κ3) is 4.92. The van der Waals surface area contributed by atoms with Crippen LogP contribution in [-0.2, 0) is 13.1 Å². The predicted octanol–water partition coefficient (Wildman–Crippen LogP) is 3.88. The topological polar surface area (TPSA) is 46.0 Å². The van der Waals surface area contributed by atoms with Crippen LogP contribution in [0.4, 0.5) is 0 Å². The molecule has 4 rings (SSSR count). The van der Waals surface area contributed by atoms with Gasteiger partial charge >= 0.3 is 0 Å². The first-order valence-corrected chi connectivity index (χ1v) is 10.7. The molecule has 2 aromatic carbocycles. The molecule has 1 aromatic heterocycles. The van der Waals surface area contributed by atoms with Gasteiger partial charge in [-0.2, -0.15) is 15.0 Å². The Bertz CT molecular complexity index is 918. The molecule has 0 radical (unpaired) electrons. The lowest BCUT2D eigenvalue weighted by Gasteiger charge is -2.22. The Kier molecular flexibility index (Phi) is 6.37. The highest BCUT2D eigenvalue weighted by Gasteiger charge is 2.22. The van der Waals surface area contributed by atoms with Gasteiger partial charge in [0.15, 0.2) is 0 Å². The van der Waals surface area contributed by atoms with Crippen LogP contribution < -0.4 is 5.32 Å². The van der Waals surface area contributed by atoms with Gasteiger partial charge in [-0.1, -0.05) is 67.1 Å². The summed E-state index contributed by atoms with van der Waals surface area (Å²) in [6.45, 7) is 9.17. The van der Waals surface area contributed by atoms with Crippen LogP contribution in [0.15, 0.2) is 54.6 Å². The molecular formula is C24H31N5. The number of aromatic nitrogens is 3. The number of benzene rings is 2. The largest absolute Gasteiger partial charge is 0.309 e. The van der Waals surface area contributed by atoms with Crippen LogP contribution in [0.1, 0.15) is 36.6 Å². The smallest absolute Gasteiger partial charge is 0.117 e. The zero-order valence-corrected chi connectivity index (χ0v) is 17.5. The first-order valence-electron chi connectivity index (χ1n) is 10.7. The molecule has 2 heterocycles. The zero-order chi connectivity index (χ0) is 20.1. The van der Waals surface area contributed by atoms with Gasteiger partial charge in [-0.15, -0.1) is 0 Å². The molecule has 1 aliphatic heterocycles. The van der Waals surface area contributed by atoms with Gasteiger partial charge in [0.25, 0.3) is 0 Å². The number of nitrogens with one attached hydrogen (secondary N) is 1. The highest BCUT2D eigenvalue weighted by molar-refractivity contribution is 5.60. The number of aryl methyl sites for hydroxylation is 1. The molecule has 5 nitrogen and oxygen atoms in total. The van der Waals surface area contributed by atoms with Crippen LogP contribution in [0.25, 0.3) is 11.3 Å². The van der Waals surface area contributed by atoms with Crippen LogP contribution >= 0.6 is 0 Å². The van der Waals surface area contributed by atoms with E-state index in [0.29, 0.717) is 12.6 Å².